The SMILES string of the molecule is CC#Cc1ccc2c(c1)-c1cc(C#CC)ccc1C2C(=O)OC. The molecule has 1 aliphatic rings. The smallest absolute Gasteiger partial charge is 0.317 e. The standard InChI is InChI=1S/C21H16O2/c1-4-6-14-8-10-16-18(12-14)19-13-15(7-5-2)9-11-17(19)20(16)21(22)23-3/h8-13,20H,1-3H3. The summed E-state index contributed by atoms with van der Waals surface area (Å²) in [5, 5.41) is 0. The lowest BCUT2D eigenvalue weighted by atomic mass is 9.96. The lowest BCUT2D eigenvalue weighted by Gasteiger charge is -2.10. The zero-order valence-electron chi connectivity index (χ0n) is 13.4. The van der Waals surface area contributed by atoms with Crippen LogP contribution in [-0.2, 0) is 9.53 Å². The first-order chi connectivity index (χ1) is 11.2. The maximum absolute atomic E-state index is 12.3. The Morgan fingerprint density at radius 3 is 1.78 bits per heavy atom. The molecule has 0 heterocycles. The van der Waals surface area contributed by atoms with Crippen molar-refractivity contribution in [3.8, 4) is 34.8 Å². The van der Waals surface area contributed by atoms with E-state index in [9.17, 15) is 4.79 Å². The predicted molar refractivity (Wildman–Crippen MR) is 90.8 cm³/mol. The van der Waals surface area contributed by atoms with E-state index < -0.39 is 0 Å². The molecule has 0 saturated heterocycles. The van der Waals surface area contributed by atoms with E-state index >= 15 is 0 Å². The topological polar surface area (TPSA) is 26.3 Å². The summed E-state index contributed by atoms with van der Waals surface area (Å²) in [6.45, 7) is 3.63. The summed E-state index contributed by atoms with van der Waals surface area (Å²) < 4.78 is 5.01. The third-order valence-corrected chi connectivity index (χ3v) is 3.99. The van der Waals surface area contributed by atoms with E-state index in [1.807, 2.05) is 50.2 Å². The Morgan fingerprint density at radius 2 is 1.39 bits per heavy atom. The number of carbonyl (C=O) groups excluding carboxylic acids is 1. The van der Waals surface area contributed by atoms with E-state index in [0.29, 0.717) is 0 Å². The molecule has 3 rings (SSSR count). The van der Waals surface area contributed by atoms with Crippen molar-refractivity contribution < 1.29 is 9.53 Å². The normalized spacial score (nSPS) is 11.4. The van der Waals surface area contributed by atoms with Crippen LogP contribution >= 0.6 is 0 Å². The highest BCUT2D eigenvalue weighted by atomic mass is 16.5. The van der Waals surface area contributed by atoms with Crippen molar-refractivity contribution in [2.24, 2.45) is 0 Å². The second kappa shape index (κ2) is 6.03. The molecule has 0 fully saturated rings. The second-order valence-corrected chi connectivity index (χ2v) is 5.31. The van der Waals surface area contributed by atoms with E-state index in [1.165, 1.54) is 7.11 Å². The third-order valence-electron chi connectivity index (χ3n) is 3.99. The summed E-state index contributed by atoms with van der Waals surface area (Å²) in [5.41, 5.74) is 5.89. The first-order valence-electron chi connectivity index (χ1n) is 7.41. The van der Waals surface area contributed by atoms with Crippen LogP contribution in [0.5, 0.6) is 0 Å². The summed E-state index contributed by atoms with van der Waals surface area (Å²) >= 11 is 0. The molecular formula is C21H16O2. The van der Waals surface area contributed by atoms with Crippen LogP contribution in [0.25, 0.3) is 11.1 Å². The lowest BCUT2D eigenvalue weighted by Crippen LogP contribution is -2.13. The van der Waals surface area contributed by atoms with E-state index in [0.717, 1.165) is 33.4 Å². The summed E-state index contributed by atoms with van der Waals surface area (Å²) in [6.07, 6.45) is 0. The monoisotopic (exact) mass is 300 g/mol. The van der Waals surface area contributed by atoms with Crippen molar-refractivity contribution >= 4 is 5.97 Å². The van der Waals surface area contributed by atoms with Crippen molar-refractivity contribution in [1.82, 2.24) is 0 Å². The molecule has 2 aromatic carbocycles. The van der Waals surface area contributed by atoms with Crippen molar-refractivity contribution in [3.05, 3.63) is 58.7 Å². The van der Waals surface area contributed by atoms with Crippen LogP contribution in [0.1, 0.15) is 42.0 Å². The highest BCUT2D eigenvalue weighted by Gasteiger charge is 2.34. The Kier molecular flexibility index (Phi) is 3.92. The fraction of sp³-hybridized carbons (Fsp3) is 0.190. The molecular weight excluding hydrogens is 284 g/mol. The molecule has 0 bridgehead atoms. The van der Waals surface area contributed by atoms with E-state index in [2.05, 4.69) is 23.7 Å². The van der Waals surface area contributed by atoms with E-state index in [4.69, 9.17) is 4.74 Å². The summed E-state index contributed by atoms with van der Waals surface area (Å²) in [5.74, 6) is 11.3. The molecule has 2 nitrogen and oxygen atoms in total. The number of carbonyl (C=O) groups is 1. The molecule has 0 saturated carbocycles. The van der Waals surface area contributed by atoms with Gasteiger partial charge in [0.1, 0.15) is 5.92 Å². The zero-order valence-corrected chi connectivity index (χ0v) is 13.4. The van der Waals surface area contributed by atoms with Crippen molar-refractivity contribution in [2.45, 2.75) is 19.8 Å². The molecule has 0 aromatic heterocycles. The highest BCUT2D eigenvalue weighted by Crippen LogP contribution is 2.45. The maximum Gasteiger partial charge on any atom is 0.317 e. The average Bonchev–Trinajstić information content (AvgIpc) is 2.88. The zero-order chi connectivity index (χ0) is 16.4. The number of benzene rings is 2. The van der Waals surface area contributed by atoms with Gasteiger partial charge in [-0.05, 0) is 60.4 Å². The molecule has 2 aromatic rings. The first kappa shape index (κ1) is 14.9. The number of rotatable bonds is 1. The number of fused-ring (bicyclic) bond motifs is 3. The van der Waals surface area contributed by atoms with Crippen LogP contribution in [0.4, 0.5) is 0 Å². The second-order valence-electron chi connectivity index (χ2n) is 5.31. The Bertz CT molecular complexity index is 845. The minimum absolute atomic E-state index is 0.242. The van der Waals surface area contributed by atoms with Crippen LogP contribution in [0.2, 0.25) is 0 Å². The van der Waals surface area contributed by atoms with Gasteiger partial charge < -0.3 is 4.74 Å². The van der Waals surface area contributed by atoms with Gasteiger partial charge in [-0.15, -0.1) is 11.8 Å². The molecule has 0 amide bonds. The predicted octanol–water partition coefficient (Wildman–Crippen LogP) is 3.71. The molecule has 23 heavy (non-hydrogen) atoms. The van der Waals surface area contributed by atoms with Gasteiger partial charge in [0.05, 0.1) is 7.11 Å². The minimum atomic E-state index is -0.378. The van der Waals surface area contributed by atoms with Gasteiger partial charge in [-0.3, -0.25) is 4.79 Å². The van der Waals surface area contributed by atoms with E-state index in [-0.39, 0.29) is 11.9 Å². The fourth-order valence-electron chi connectivity index (χ4n) is 3.07. The maximum atomic E-state index is 12.3. The summed E-state index contributed by atoms with van der Waals surface area (Å²) in [7, 11) is 1.42. The largest absolute Gasteiger partial charge is 0.468 e. The van der Waals surface area contributed by atoms with Gasteiger partial charge in [0.2, 0.25) is 0 Å². The van der Waals surface area contributed by atoms with Crippen LogP contribution in [0, 0.1) is 23.7 Å². The summed E-state index contributed by atoms with van der Waals surface area (Å²) in [4.78, 5) is 12.3. The highest BCUT2D eigenvalue weighted by molar-refractivity contribution is 5.94. The molecule has 0 N–H and O–H groups in total. The molecule has 0 unspecified atom stereocenters. The molecule has 0 aliphatic heterocycles. The minimum Gasteiger partial charge on any atom is -0.468 e. The van der Waals surface area contributed by atoms with Gasteiger partial charge in [0.25, 0.3) is 0 Å². The average molecular weight is 300 g/mol. The Hall–Kier alpha value is -2.97. The summed E-state index contributed by atoms with van der Waals surface area (Å²) in [6, 6.07) is 11.9. The first-order valence-corrected chi connectivity index (χ1v) is 7.41. The van der Waals surface area contributed by atoms with Gasteiger partial charge in [-0.2, -0.15) is 0 Å². The number of hydrogen-bond acceptors (Lipinski definition) is 2. The van der Waals surface area contributed by atoms with Crippen molar-refractivity contribution in [2.75, 3.05) is 7.11 Å². The quantitative estimate of drug-likeness (QED) is 0.593. The molecule has 2 heteroatoms. The molecule has 112 valence electrons. The molecule has 1 aliphatic carbocycles. The van der Waals surface area contributed by atoms with Crippen LogP contribution in [0.15, 0.2) is 36.4 Å². The van der Waals surface area contributed by atoms with Gasteiger partial charge >= 0.3 is 5.97 Å². The Balaban J connectivity index is 2.26. The van der Waals surface area contributed by atoms with Crippen LogP contribution in [0.3, 0.4) is 0 Å². The fourth-order valence-corrected chi connectivity index (χ4v) is 3.07. The number of methoxy groups -OCH3 is 1. The third kappa shape index (κ3) is 2.50. The molecule has 0 radical (unpaired) electrons. The van der Waals surface area contributed by atoms with Gasteiger partial charge in [-0.25, -0.2) is 0 Å². The molecule has 0 spiro atoms. The number of hydrogen-bond donors (Lipinski definition) is 0. The van der Waals surface area contributed by atoms with Gasteiger partial charge in [0.15, 0.2) is 0 Å². The van der Waals surface area contributed by atoms with Crippen molar-refractivity contribution in [1.29, 1.82) is 0 Å². The van der Waals surface area contributed by atoms with Crippen LogP contribution in [-0.4, -0.2) is 13.1 Å². The Morgan fingerprint density at radius 1 is 0.913 bits per heavy atom. The van der Waals surface area contributed by atoms with Crippen molar-refractivity contribution in [3.63, 3.8) is 0 Å². The van der Waals surface area contributed by atoms with E-state index in [1.54, 1.807) is 0 Å². The van der Waals surface area contributed by atoms with Gasteiger partial charge in [-0.1, -0.05) is 24.0 Å². The lowest BCUT2D eigenvalue weighted by molar-refractivity contribution is -0.141. The van der Waals surface area contributed by atoms with Gasteiger partial charge in [0, 0.05) is 11.1 Å². The Labute approximate surface area is 136 Å². The number of esters is 1. The molecule has 0 atom stereocenters. The number of ether oxygens (including phenoxy) is 1. The van der Waals surface area contributed by atoms with Crippen LogP contribution < -0.4 is 0 Å².